The number of thiophene rings is 1. The zero-order valence-corrected chi connectivity index (χ0v) is 13.8. The van der Waals surface area contributed by atoms with Gasteiger partial charge in [0.2, 0.25) is 0 Å². The third-order valence-electron chi connectivity index (χ3n) is 4.48. The third kappa shape index (κ3) is 2.93. The van der Waals surface area contributed by atoms with Gasteiger partial charge >= 0.3 is 0 Å². The van der Waals surface area contributed by atoms with Crippen LogP contribution in [-0.4, -0.2) is 36.5 Å². The number of amides is 1. The molecule has 2 saturated heterocycles. The zero-order valence-electron chi connectivity index (χ0n) is 12.2. The van der Waals surface area contributed by atoms with E-state index in [9.17, 15) is 4.79 Å². The topological polar surface area (TPSA) is 32.3 Å². The van der Waals surface area contributed by atoms with Crippen LogP contribution in [0.1, 0.15) is 16.8 Å². The highest BCUT2D eigenvalue weighted by Crippen LogP contribution is 2.31. The lowest BCUT2D eigenvalue weighted by molar-refractivity contribution is 0.0924. The third-order valence-corrected chi connectivity index (χ3v) is 6.52. The van der Waals surface area contributed by atoms with E-state index in [1.54, 1.807) is 23.1 Å². The molecule has 1 N–H and O–H groups in total. The van der Waals surface area contributed by atoms with Gasteiger partial charge in [0.25, 0.3) is 5.91 Å². The van der Waals surface area contributed by atoms with E-state index < -0.39 is 0 Å². The Morgan fingerprint density at radius 1 is 1.23 bits per heavy atom. The highest BCUT2D eigenvalue weighted by atomic mass is 32.2. The maximum atomic E-state index is 12.4. The van der Waals surface area contributed by atoms with Crippen LogP contribution in [0.3, 0.4) is 0 Å². The van der Waals surface area contributed by atoms with Crippen LogP contribution < -0.4 is 5.32 Å². The summed E-state index contributed by atoms with van der Waals surface area (Å²) in [4.78, 5) is 16.0. The summed E-state index contributed by atoms with van der Waals surface area (Å²) < 4.78 is 1.27. The van der Waals surface area contributed by atoms with Crippen LogP contribution in [0.25, 0.3) is 0 Å². The molecule has 2 aliphatic heterocycles. The van der Waals surface area contributed by atoms with Crippen LogP contribution >= 0.6 is 23.1 Å². The number of rotatable bonds is 4. The van der Waals surface area contributed by atoms with Crippen molar-refractivity contribution in [3.05, 3.63) is 47.3 Å². The zero-order chi connectivity index (χ0) is 14.9. The second-order valence-corrected chi connectivity index (χ2v) is 8.27. The molecule has 1 aromatic heterocycles. The number of fused-ring (bicyclic) bond motifs is 2. The Morgan fingerprint density at radius 3 is 2.73 bits per heavy atom. The monoisotopic (exact) mass is 330 g/mol. The minimum atomic E-state index is 0.0615. The number of nitrogens with one attached hydrogen (secondary N) is 1. The van der Waals surface area contributed by atoms with Gasteiger partial charge in [-0.15, -0.1) is 11.3 Å². The van der Waals surface area contributed by atoms with Crippen molar-refractivity contribution >= 4 is 29.0 Å². The van der Waals surface area contributed by atoms with Crippen molar-refractivity contribution < 1.29 is 4.79 Å². The summed E-state index contributed by atoms with van der Waals surface area (Å²) in [6, 6.07) is 12.4. The normalized spacial score (nSPS) is 26.3. The Hall–Kier alpha value is -1.30. The molecule has 22 heavy (non-hydrogen) atoms. The molecule has 3 nitrogen and oxygen atoms in total. The predicted octanol–water partition coefficient (Wildman–Crippen LogP) is 3.33. The van der Waals surface area contributed by atoms with Gasteiger partial charge in [-0.05, 0) is 54.6 Å². The lowest BCUT2D eigenvalue weighted by Crippen LogP contribution is -2.43. The van der Waals surface area contributed by atoms with Crippen molar-refractivity contribution in [3.8, 4) is 0 Å². The molecule has 2 aliphatic rings. The summed E-state index contributed by atoms with van der Waals surface area (Å²) in [6.45, 7) is 3.37. The lowest BCUT2D eigenvalue weighted by atomic mass is 9.99. The van der Waals surface area contributed by atoms with Gasteiger partial charge in [-0.3, -0.25) is 4.79 Å². The molecule has 1 aromatic carbocycles. The summed E-state index contributed by atoms with van der Waals surface area (Å²) in [5.41, 5.74) is 0.758. The SMILES string of the molecule is O=C(NC1CN2CCC1C2)c1ccc(Sc2cccs2)cc1. The minimum absolute atomic E-state index is 0.0615. The van der Waals surface area contributed by atoms with Crippen LogP contribution in [0.4, 0.5) is 0 Å². The first-order valence-corrected chi connectivity index (χ1v) is 9.32. The Labute approximate surface area is 138 Å². The average molecular weight is 330 g/mol. The number of piperidine rings is 1. The molecule has 2 aromatic rings. The first-order chi connectivity index (χ1) is 10.8. The standard InChI is InChI=1S/C17H18N2OS2/c20-17(18-15-11-19-8-7-13(15)10-19)12-3-5-14(6-4-12)22-16-2-1-9-21-16/h1-6,9,13,15H,7-8,10-11H2,(H,18,20). The Balaban J connectivity index is 1.38. The van der Waals surface area contributed by atoms with Gasteiger partial charge in [-0.2, -0.15) is 0 Å². The van der Waals surface area contributed by atoms with Gasteiger partial charge in [0.05, 0.1) is 4.21 Å². The fraction of sp³-hybridized carbons (Fsp3) is 0.353. The number of carbonyl (C=O) groups excluding carboxylic acids is 1. The molecule has 3 atom stereocenters. The number of hydrogen-bond acceptors (Lipinski definition) is 4. The van der Waals surface area contributed by atoms with Crippen LogP contribution in [0, 0.1) is 5.92 Å². The summed E-state index contributed by atoms with van der Waals surface area (Å²) >= 11 is 3.47. The number of carbonyl (C=O) groups is 1. The molecule has 2 fully saturated rings. The van der Waals surface area contributed by atoms with Crippen molar-refractivity contribution in [3.63, 3.8) is 0 Å². The fourth-order valence-corrected chi connectivity index (χ4v) is 5.06. The van der Waals surface area contributed by atoms with E-state index in [-0.39, 0.29) is 5.91 Å². The number of hydrogen-bond donors (Lipinski definition) is 1. The Morgan fingerprint density at radius 2 is 2.09 bits per heavy atom. The van der Waals surface area contributed by atoms with Crippen LogP contribution in [0.15, 0.2) is 50.9 Å². The van der Waals surface area contributed by atoms with Gasteiger partial charge in [0, 0.05) is 29.6 Å². The van der Waals surface area contributed by atoms with E-state index in [2.05, 4.69) is 27.7 Å². The van der Waals surface area contributed by atoms with Gasteiger partial charge in [-0.25, -0.2) is 0 Å². The average Bonchev–Trinajstić information content (AvgIpc) is 3.25. The molecule has 0 spiro atoms. The van der Waals surface area contributed by atoms with Crippen molar-refractivity contribution in [2.45, 2.75) is 21.6 Å². The van der Waals surface area contributed by atoms with E-state index in [0.717, 1.165) is 18.7 Å². The van der Waals surface area contributed by atoms with Gasteiger partial charge in [0.1, 0.15) is 0 Å². The summed E-state index contributed by atoms with van der Waals surface area (Å²) in [7, 11) is 0. The largest absolute Gasteiger partial charge is 0.348 e. The first kappa shape index (κ1) is 14.3. The molecule has 3 heterocycles. The molecule has 0 saturated carbocycles. The highest BCUT2D eigenvalue weighted by molar-refractivity contribution is 8.01. The van der Waals surface area contributed by atoms with Crippen LogP contribution in [0.2, 0.25) is 0 Å². The smallest absolute Gasteiger partial charge is 0.251 e. The molecule has 1 amide bonds. The molecular weight excluding hydrogens is 312 g/mol. The van der Waals surface area contributed by atoms with E-state index in [4.69, 9.17) is 0 Å². The van der Waals surface area contributed by atoms with Gasteiger partial charge in [0.15, 0.2) is 0 Å². The Bertz CT molecular complexity index is 654. The number of nitrogens with zero attached hydrogens (tertiary/aromatic N) is 1. The molecule has 5 heteroatoms. The molecule has 0 aliphatic carbocycles. The molecule has 114 valence electrons. The van der Waals surface area contributed by atoms with Crippen molar-refractivity contribution in [1.82, 2.24) is 10.2 Å². The first-order valence-electron chi connectivity index (χ1n) is 7.62. The van der Waals surface area contributed by atoms with E-state index in [1.807, 2.05) is 24.3 Å². The summed E-state index contributed by atoms with van der Waals surface area (Å²) in [5.74, 6) is 0.712. The lowest BCUT2D eigenvalue weighted by Gasteiger charge is -2.23. The van der Waals surface area contributed by atoms with E-state index in [0.29, 0.717) is 12.0 Å². The molecular formula is C17H18N2OS2. The Kier molecular flexibility index (Phi) is 3.94. The van der Waals surface area contributed by atoms with E-state index >= 15 is 0 Å². The molecule has 2 bridgehead atoms. The molecule has 4 rings (SSSR count). The minimum Gasteiger partial charge on any atom is -0.348 e. The van der Waals surface area contributed by atoms with E-state index in [1.165, 1.54) is 22.1 Å². The van der Waals surface area contributed by atoms with Gasteiger partial charge in [-0.1, -0.05) is 17.8 Å². The predicted molar refractivity (Wildman–Crippen MR) is 90.7 cm³/mol. The van der Waals surface area contributed by atoms with Crippen molar-refractivity contribution in [2.24, 2.45) is 5.92 Å². The summed E-state index contributed by atoms with van der Waals surface area (Å²) in [5, 5.41) is 5.29. The maximum Gasteiger partial charge on any atom is 0.251 e. The highest BCUT2D eigenvalue weighted by Gasteiger charge is 2.38. The van der Waals surface area contributed by atoms with Crippen LogP contribution in [-0.2, 0) is 0 Å². The maximum absolute atomic E-state index is 12.4. The molecule has 3 unspecified atom stereocenters. The van der Waals surface area contributed by atoms with Crippen LogP contribution in [0.5, 0.6) is 0 Å². The second-order valence-electron chi connectivity index (χ2n) is 5.95. The molecule has 0 radical (unpaired) electrons. The summed E-state index contributed by atoms with van der Waals surface area (Å²) in [6.07, 6.45) is 1.22. The number of benzene rings is 1. The fourth-order valence-electron chi connectivity index (χ4n) is 3.31. The van der Waals surface area contributed by atoms with Crippen molar-refractivity contribution in [1.29, 1.82) is 0 Å². The quantitative estimate of drug-likeness (QED) is 0.933. The van der Waals surface area contributed by atoms with Gasteiger partial charge < -0.3 is 10.2 Å². The second kappa shape index (κ2) is 6.07. The van der Waals surface area contributed by atoms with Crippen molar-refractivity contribution in [2.75, 3.05) is 19.6 Å².